The van der Waals surface area contributed by atoms with E-state index in [0.29, 0.717) is 32.9 Å². The van der Waals surface area contributed by atoms with E-state index < -0.39 is 0 Å². The average molecular weight is 507 g/mol. The zero-order valence-electron chi connectivity index (χ0n) is 21.0. The van der Waals surface area contributed by atoms with E-state index in [1.54, 1.807) is 11.8 Å². The topological polar surface area (TPSA) is 74.0 Å². The van der Waals surface area contributed by atoms with E-state index in [1.807, 2.05) is 47.4 Å². The molecule has 5 rings (SSSR count). The molecule has 0 atom stereocenters. The molecule has 0 aromatic heterocycles. The molecule has 36 heavy (non-hydrogen) atoms. The van der Waals surface area contributed by atoms with Crippen LogP contribution < -0.4 is 15.2 Å². The molecule has 1 amide bonds. The molecule has 3 aromatic rings. The number of nitrogens with zero attached hydrogens (tertiary/aromatic N) is 1. The largest absolute Gasteiger partial charge is 0.493 e. The van der Waals surface area contributed by atoms with Crippen molar-refractivity contribution in [3.63, 3.8) is 0 Å². The smallest absolute Gasteiger partial charge is 0.254 e. The molecule has 0 aliphatic carbocycles. The molecule has 0 unspecified atom stereocenters. The van der Waals surface area contributed by atoms with Crippen LogP contribution in [0.3, 0.4) is 0 Å². The van der Waals surface area contributed by atoms with Gasteiger partial charge in [0, 0.05) is 51.3 Å². The molecular weight excluding hydrogens is 472 g/mol. The minimum atomic E-state index is -0.281. The van der Waals surface area contributed by atoms with Crippen molar-refractivity contribution in [1.29, 1.82) is 0 Å². The molecule has 0 spiro atoms. The Morgan fingerprint density at radius 1 is 1.11 bits per heavy atom. The number of rotatable bonds is 7. The molecule has 2 aliphatic heterocycles. The Morgan fingerprint density at radius 2 is 1.89 bits per heavy atom. The summed E-state index contributed by atoms with van der Waals surface area (Å²) in [5, 5.41) is 1.93. The number of carbonyl (C=O) groups excluding carboxylic acids is 1. The van der Waals surface area contributed by atoms with Crippen molar-refractivity contribution >= 4 is 34.1 Å². The molecule has 1 fully saturated rings. The Bertz CT molecular complexity index is 1240. The van der Waals surface area contributed by atoms with Gasteiger partial charge in [0.05, 0.1) is 19.8 Å². The van der Waals surface area contributed by atoms with Crippen LogP contribution in [0.15, 0.2) is 53.4 Å². The number of morpholine rings is 1. The monoisotopic (exact) mass is 506 g/mol. The van der Waals surface area contributed by atoms with Gasteiger partial charge in [-0.15, -0.1) is 11.8 Å². The molecule has 2 aliphatic rings. The Kier molecular flexibility index (Phi) is 7.30. The number of ether oxygens (including phenoxy) is 3. The van der Waals surface area contributed by atoms with E-state index in [0.717, 1.165) is 64.1 Å². The summed E-state index contributed by atoms with van der Waals surface area (Å²) in [6.45, 7) is 7.19. The summed E-state index contributed by atoms with van der Waals surface area (Å²) in [6.07, 6.45) is 2.59. The van der Waals surface area contributed by atoms with Gasteiger partial charge in [-0.2, -0.15) is 0 Å². The first-order chi connectivity index (χ1) is 17.4. The SMILES string of the molecule is CC1(C)CCc2c(C(=O)N3CCOCC3)cc3c(OCCCSc4ccc(N)cc4)cccc3c2O1. The predicted octanol–water partition coefficient (Wildman–Crippen LogP) is 5.56. The highest BCUT2D eigenvalue weighted by Gasteiger charge is 2.33. The molecular formula is C29H34N2O4S. The number of hydrogen-bond donors (Lipinski definition) is 1. The van der Waals surface area contributed by atoms with Gasteiger partial charge in [0.15, 0.2) is 0 Å². The molecule has 0 bridgehead atoms. The zero-order valence-corrected chi connectivity index (χ0v) is 21.9. The number of hydrogen-bond acceptors (Lipinski definition) is 6. The lowest BCUT2D eigenvalue weighted by molar-refractivity contribution is 0.0299. The van der Waals surface area contributed by atoms with Crippen molar-refractivity contribution < 1.29 is 19.0 Å². The van der Waals surface area contributed by atoms with E-state index in [4.69, 9.17) is 19.9 Å². The molecule has 0 saturated carbocycles. The molecule has 2 N–H and O–H groups in total. The predicted molar refractivity (Wildman–Crippen MR) is 145 cm³/mol. The van der Waals surface area contributed by atoms with E-state index in [-0.39, 0.29) is 11.5 Å². The Morgan fingerprint density at radius 3 is 2.67 bits per heavy atom. The normalized spacial score (nSPS) is 16.9. The summed E-state index contributed by atoms with van der Waals surface area (Å²) in [5.74, 6) is 2.61. The van der Waals surface area contributed by atoms with Crippen LogP contribution in [-0.4, -0.2) is 55.1 Å². The Labute approximate surface area is 217 Å². The van der Waals surface area contributed by atoms with Crippen molar-refractivity contribution in [2.45, 2.75) is 43.6 Å². The van der Waals surface area contributed by atoms with Crippen LogP contribution in [0.1, 0.15) is 42.6 Å². The maximum Gasteiger partial charge on any atom is 0.254 e. The quantitative estimate of drug-likeness (QED) is 0.257. The van der Waals surface area contributed by atoms with Gasteiger partial charge in [-0.05, 0) is 69.5 Å². The zero-order chi connectivity index (χ0) is 25.1. The fraction of sp³-hybridized carbons (Fsp3) is 0.414. The number of fused-ring (bicyclic) bond motifs is 3. The minimum absolute atomic E-state index is 0.0504. The Balaban J connectivity index is 1.39. The summed E-state index contributed by atoms with van der Waals surface area (Å²) in [5.41, 5.74) is 8.01. The first-order valence-corrected chi connectivity index (χ1v) is 13.7. The summed E-state index contributed by atoms with van der Waals surface area (Å²) < 4.78 is 18.2. The second-order valence-corrected chi connectivity index (χ2v) is 11.1. The van der Waals surface area contributed by atoms with E-state index in [1.165, 1.54) is 4.90 Å². The lowest BCUT2D eigenvalue weighted by atomic mass is 9.88. The number of carbonyl (C=O) groups is 1. The number of benzene rings is 3. The summed E-state index contributed by atoms with van der Waals surface area (Å²) >= 11 is 1.79. The second kappa shape index (κ2) is 10.6. The number of nitrogen functional groups attached to an aromatic ring is 1. The fourth-order valence-electron chi connectivity index (χ4n) is 4.77. The first kappa shape index (κ1) is 24.8. The number of amides is 1. The lowest BCUT2D eigenvalue weighted by Gasteiger charge is -2.35. The molecule has 6 nitrogen and oxygen atoms in total. The van der Waals surface area contributed by atoms with Gasteiger partial charge in [-0.1, -0.05) is 12.1 Å². The van der Waals surface area contributed by atoms with Crippen molar-refractivity contribution in [3.8, 4) is 11.5 Å². The van der Waals surface area contributed by atoms with Crippen molar-refractivity contribution in [2.75, 3.05) is 44.4 Å². The van der Waals surface area contributed by atoms with Crippen LogP contribution in [0.2, 0.25) is 0 Å². The van der Waals surface area contributed by atoms with Crippen LogP contribution in [0.5, 0.6) is 11.5 Å². The van der Waals surface area contributed by atoms with Crippen molar-refractivity contribution in [3.05, 3.63) is 59.7 Å². The third-order valence-electron chi connectivity index (χ3n) is 6.78. The molecule has 0 radical (unpaired) electrons. The third kappa shape index (κ3) is 5.42. The number of nitrogens with two attached hydrogens (primary N) is 1. The maximum absolute atomic E-state index is 13.6. The lowest BCUT2D eigenvalue weighted by Crippen LogP contribution is -2.41. The highest BCUT2D eigenvalue weighted by atomic mass is 32.2. The molecule has 7 heteroatoms. The summed E-state index contributed by atoms with van der Waals surface area (Å²) in [4.78, 5) is 16.7. The van der Waals surface area contributed by atoms with Crippen molar-refractivity contribution in [1.82, 2.24) is 4.90 Å². The number of anilines is 1. The van der Waals surface area contributed by atoms with Gasteiger partial charge in [0.25, 0.3) is 5.91 Å². The first-order valence-electron chi connectivity index (χ1n) is 12.7. The fourth-order valence-corrected chi connectivity index (χ4v) is 5.60. The van der Waals surface area contributed by atoms with Crippen LogP contribution in [0.4, 0.5) is 5.69 Å². The molecule has 3 aromatic carbocycles. The van der Waals surface area contributed by atoms with Gasteiger partial charge in [0.1, 0.15) is 17.1 Å². The van der Waals surface area contributed by atoms with Crippen LogP contribution >= 0.6 is 11.8 Å². The maximum atomic E-state index is 13.6. The van der Waals surface area contributed by atoms with E-state index in [2.05, 4.69) is 19.9 Å². The summed E-state index contributed by atoms with van der Waals surface area (Å²) in [7, 11) is 0. The highest BCUT2D eigenvalue weighted by molar-refractivity contribution is 7.99. The van der Waals surface area contributed by atoms with E-state index >= 15 is 0 Å². The molecule has 1 saturated heterocycles. The average Bonchev–Trinajstić information content (AvgIpc) is 2.89. The Hall–Kier alpha value is -2.90. The molecule has 2 heterocycles. The van der Waals surface area contributed by atoms with Crippen molar-refractivity contribution in [2.24, 2.45) is 0 Å². The van der Waals surface area contributed by atoms with Crippen LogP contribution in [-0.2, 0) is 11.2 Å². The second-order valence-electron chi connectivity index (χ2n) is 9.97. The van der Waals surface area contributed by atoms with Gasteiger partial charge in [-0.3, -0.25) is 4.79 Å². The van der Waals surface area contributed by atoms with Crippen LogP contribution in [0, 0.1) is 0 Å². The minimum Gasteiger partial charge on any atom is -0.493 e. The number of thioether (sulfide) groups is 1. The standard InChI is InChI=1S/C29H34N2O4S/c1-29(2)12-11-23-25(28(32)31-13-16-33-17-14-31)19-24-22(27(23)35-29)5-3-6-26(24)34-15-4-18-36-21-9-7-20(30)8-10-21/h3,5-10,19H,4,11-18,30H2,1-2H3. The highest BCUT2D eigenvalue weighted by Crippen LogP contribution is 2.43. The van der Waals surface area contributed by atoms with Gasteiger partial charge in [0.2, 0.25) is 0 Å². The van der Waals surface area contributed by atoms with E-state index in [9.17, 15) is 4.79 Å². The summed E-state index contributed by atoms with van der Waals surface area (Å²) in [6, 6.07) is 16.0. The third-order valence-corrected chi connectivity index (χ3v) is 7.88. The van der Waals surface area contributed by atoms with Gasteiger partial charge >= 0.3 is 0 Å². The van der Waals surface area contributed by atoms with Crippen LogP contribution in [0.25, 0.3) is 10.8 Å². The molecule has 190 valence electrons. The van der Waals surface area contributed by atoms with Gasteiger partial charge in [-0.25, -0.2) is 0 Å². The van der Waals surface area contributed by atoms with Gasteiger partial charge < -0.3 is 24.8 Å².